The highest BCUT2D eigenvalue weighted by atomic mass is 32.2. The number of methoxy groups -OCH3 is 1. The van der Waals surface area contributed by atoms with Gasteiger partial charge in [0.2, 0.25) is 10.0 Å². The van der Waals surface area contributed by atoms with Crippen molar-refractivity contribution in [2.24, 2.45) is 0 Å². The lowest BCUT2D eigenvalue weighted by atomic mass is 10.0. The van der Waals surface area contributed by atoms with Gasteiger partial charge in [-0.1, -0.05) is 0 Å². The molecule has 0 N–H and O–H groups in total. The van der Waals surface area contributed by atoms with Gasteiger partial charge in [0.05, 0.1) is 18.1 Å². The molecular formula is C18H27N3O5S. The van der Waals surface area contributed by atoms with E-state index in [1.54, 1.807) is 0 Å². The minimum atomic E-state index is -3.79. The van der Waals surface area contributed by atoms with E-state index in [1.165, 1.54) is 29.6 Å². The minimum Gasteiger partial charge on any atom is -0.495 e. The number of nitro benzene ring substituents is 1. The van der Waals surface area contributed by atoms with Crippen LogP contribution in [0.1, 0.15) is 39.5 Å². The lowest BCUT2D eigenvalue weighted by Crippen LogP contribution is -2.52. The Hall–Kier alpha value is -1.71. The maximum Gasteiger partial charge on any atom is 0.273 e. The predicted molar refractivity (Wildman–Crippen MR) is 101 cm³/mol. The van der Waals surface area contributed by atoms with Crippen LogP contribution in [-0.2, 0) is 10.0 Å². The van der Waals surface area contributed by atoms with Crippen LogP contribution in [0.15, 0.2) is 23.1 Å². The first-order chi connectivity index (χ1) is 12.8. The van der Waals surface area contributed by atoms with Crippen molar-refractivity contribution in [2.75, 3.05) is 20.2 Å². The molecule has 0 unspecified atom stereocenters. The van der Waals surface area contributed by atoms with Gasteiger partial charge in [0, 0.05) is 37.3 Å². The third-order valence-corrected chi connectivity index (χ3v) is 7.68. The van der Waals surface area contributed by atoms with Gasteiger partial charge in [-0.2, -0.15) is 4.31 Å². The van der Waals surface area contributed by atoms with E-state index in [4.69, 9.17) is 4.74 Å². The molecule has 150 valence electrons. The molecule has 27 heavy (non-hydrogen) atoms. The van der Waals surface area contributed by atoms with E-state index < -0.39 is 14.9 Å². The van der Waals surface area contributed by atoms with E-state index in [-0.39, 0.29) is 22.4 Å². The molecule has 1 aromatic carbocycles. The summed E-state index contributed by atoms with van der Waals surface area (Å²) in [5, 5.41) is 11.0. The Morgan fingerprint density at radius 1 is 1.19 bits per heavy atom. The molecule has 0 amide bonds. The summed E-state index contributed by atoms with van der Waals surface area (Å²) in [5.74, 6) is 0.00855. The number of rotatable bonds is 5. The molecule has 0 spiro atoms. The lowest BCUT2D eigenvalue weighted by molar-refractivity contribution is -0.385. The molecule has 2 saturated heterocycles. The first-order valence-electron chi connectivity index (χ1n) is 9.35. The minimum absolute atomic E-state index is 0.00855. The van der Waals surface area contributed by atoms with Gasteiger partial charge in [0.15, 0.2) is 0 Å². The SMILES string of the molecule is COc1cc([N+](=O)[O-])ccc1S(=O)(=O)N1CCC[C@@H](N2[C@H](C)CC[C@@H]2C)C1. The van der Waals surface area contributed by atoms with Crippen LogP contribution in [0.3, 0.4) is 0 Å². The normalized spacial score (nSPS) is 27.6. The summed E-state index contributed by atoms with van der Waals surface area (Å²) in [4.78, 5) is 12.8. The Bertz CT molecular complexity index is 803. The molecule has 9 heteroatoms. The average molecular weight is 397 g/mol. The van der Waals surface area contributed by atoms with Crippen LogP contribution in [0.2, 0.25) is 0 Å². The Balaban J connectivity index is 1.87. The van der Waals surface area contributed by atoms with Gasteiger partial charge in [-0.25, -0.2) is 8.42 Å². The number of ether oxygens (including phenoxy) is 1. The monoisotopic (exact) mass is 397 g/mol. The van der Waals surface area contributed by atoms with Gasteiger partial charge < -0.3 is 4.74 Å². The topological polar surface area (TPSA) is 93.0 Å². The zero-order valence-corrected chi connectivity index (χ0v) is 16.8. The first-order valence-corrected chi connectivity index (χ1v) is 10.8. The molecule has 2 aliphatic heterocycles. The summed E-state index contributed by atoms with van der Waals surface area (Å²) in [7, 11) is -2.46. The average Bonchev–Trinajstić information content (AvgIpc) is 2.99. The number of non-ortho nitro benzene ring substituents is 1. The Kier molecular flexibility index (Phi) is 5.73. The molecule has 3 rings (SSSR count). The van der Waals surface area contributed by atoms with Crippen LogP contribution in [0.25, 0.3) is 0 Å². The van der Waals surface area contributed by atoms with Crippen molar-refractivity contribution in [3.63, 3.8) is 0 Å². The van der Waals surface area contributed by atoms with Crippen molar-refractivity contribution in [3.8, 4) is 5.75 Å². The van der Waals surface area contributed by atoms with Crippen LogP contribution >= 0.6 is 0 Å². The number of sulfonamides is 1. The summed E-state index contributed by atoms with van der Waals surface area (Å²) in [5.41, 5.74) is -0.193. The number of nitrogens with zero attached hydrogens (tertiary/aromatic N) is 3. The molecule has 8 nitrogen and oxygen atoms in total. The molecule has 0 saturated carbocycles. The standard InChI is InChI=1S/C18H27N3O5S/c1-13-6-7-14(2)20(13)16-5-4-10-19(12-16)27(24,25)18-9-8-15(21(22)23)11-17(18)26-3/h8-9,11,13-14,16H,4-7,10,12H2,1-3H3/t13-,14+,16-/m1/s1. The van der Waals surface area contributed by atoms with Gasteiger partial charge in [0.1, 0.15) is 10.6 Å². The number of nitro groups is 1. The summed E-state index contributed by atoms with van der Waals surface area (Å²) in [6, 6.07) is 4.77. The number of likely N-dealkylation sites (tertiary alicyclic amines) is 1. The number of benzene rings is 1. The zero-order chi connectivity index (χ0) is 19.8. The van der Waals surface area contributed by atoms with Crippen molar-refractivity contribution in [1.82, 2.24) is 9.21 Å². The van der Waals surface area contributed by atoms with E-state index in [0.29, 0.717) is 25.2 Å². The van der Waals surface area contributed by atoms with Crippen LogP contribution in [0.5, 0.6) is 5.75 Å². The molecule has 0 aliphatic carbocycles. The molecule has 1 aromatic rings. The van der Waals surface area contributed by atoms with Crippen molar-refractivity contribution in [2.45, 2.75) is 62.6 Å². The Labute approximate surface area is 160 Å². The van der Waals surface area contributed by atoms with Crippen LogP contribution in [0.4, 0.5) is 5.69 Å². The fourth-order valence-electron chi connectivity index (χ4n) is 4.44. The van der Waals surface area contributed by atoms with Gasteiger partial charge in [-0.15, -0.1) is 0 Å². The van der Waals surface area contributed by atoms with Crippen LogP contribution in [0, 0.1) is 10.1 Å². The third kappa shape index (κ3) is 3.81. The molecule has 0 bridgehead atoms. The Morgan fingerprint density at radius 2 is 1.85 bits per heavy atom. The van der Waals surface area contributed by atoms with E-state index >= 15 is 0 Å². The largest absolute Gasteiger partial charge is 0.495 e. The number of piperidine rings is 1. The summed E-state index contributed by atoms with van der Waals surface area (Å²) < 4.78 is 33.1. The third-order valence-electron chi connectivity index (χ3n) is 5.78. The molecule has 3 atom stereocenters. The van der Waals surface area contributed by atoms with E-state index in [0.717, 1.165) is 25.7 Å². The fourth-order valence-corrected chi connectivity index (χ4v) is 6.09. The van der Waals surface area contributed by atoms with Crippen molar-refractivity contribution in [1.29, 1.82) is 0 Å². The number of hydrogen-bond donors (Lipinski definition) is 0. The van der Waals surface area contributed by atoms with Crippen LogP contribution in [-0.4, -0.2) is 60.9 Å². The summed E-state index contributed by atoms with van der Waals surface area (Å²) in [6.07, 6.45) is 4.06. The molecule has 2 aliphatic rings. The zero-order valence-electron chi connectivity index (χ0n) is 16.0. The second-order valence-electron chi connectivity index (χ2n) is 7.47. The van der Waals surface area contributed by atoms with E-state index in [2.05, 4.69) is 18.7 Å². The van der Waals surface area contributed by atoms with Crippen molar-refractivity contribution < 1.29 is 18.1 Å². The predicted octanol–water partition coefficient (Wildman–Crippen LogP) is 2.63. The second-order valence-corrected chi connectivity index (χ2v) is 9.38. The molecular weight excluding hydrogens is 370 g/mol. The summed E-state index contributed by atoms with van der Waals surface area (Å²) in [6.45, 7) is 5.30. The second kappa shape index (κ2) is 7.73. The lowest BCUT2D eigenvalue weighted by Gasteiger charge is -2.41. The van der Waals surface area contributed by atoms with Gasteiger partial charge in [-0.3, -0.25) is 15.0 Å². The smallest absolute Gasteiger partial charge is 0.273 e. The number of hydrogen-bond acceptors (Lipinski definition) is 6. The van der Waals surface area contributed by atoms with Gasteiger partial charge >= 0.3 is 0 Å². The summed E-state index contributed by atoms with van der Waals surface area (Å²) >= 11 is 0. The molecule has 2 fully saturated rings. The highest BCUT2D eigenvalue weighted by Gasteiger charge is 2.39. The van der Waals surface area contributed by atoms with Crippen LogP contribution < -0.4 is 4.74 Å². The van der Waals surface area contributed by atoms with Gasteiger partial charge in [0.25, 0.3) is 5.69 Å². The fraction of sp³-hybridized carbons (Fsp3) is 0.667. The van der Waals surface area contributed by atoms with E-state index in [9.17, 15) is 18.5 Å². The Morgan fingerprint density at radius 3 is 2.44 bits per heavy atom. The quantitative estimate of drug-likeness (QED) is 0.560. The molecule has 0 radical (unpaired) electrons. The van der Waals surface area contributed by atoms with Gasteiger partial charge in [-0.05, 0) is 45.6 Å². The maximum atomic E-state index is 13.2. The highest BCUT2D eigenvalue weighted by Crippen LogP contribution is 2.34. The first kappa shape index (κ1) is 20.0. The highest BCUT2D eigenvalue weighted by molar-refractivity contribution is 7.89. The molecule has 0 aromatic heterocycles. The van der Waals surface area contributed by atoms with Crippen molar-refractivity contribution in [3.05, 3.63) is 28.3 Å². The van der Waals surface area contributed by atoms with Crippen molar-refractivity contribution >= 4 is 15.7 Å². The maximum absolute atomic E-state index is 13.2. The molecule has 2 heterocycles. The van der Waals surface area contributed by atoms with E-state index in [1.807, 2.05) is 0 Å².